The van der Waals surface area contributed by atoms with Crippen molar-refractivity contribution in [2.45, 2.75) is 36.7 Å². The fourth-order valence-electron chi connectivity index (χ4n) is 4.05. The SMILES string of the molecule is C[C@@H](C(=O)N1Cc2ccc(S(=O)(=O)Cc3ncns3)cc2C1)n1ccc2ccccc21.[HH]. The Labute approximate surface area is 185 Å². The Bertz CT molecular complexity index is 1380. The van der Waals surface area contributed by atoms with Crippen molar-refractivity contribution >= 4 is 38.2 Å². The van der Waals surface area contributed by atoms with Crippen LogP contribution in [-0.2, 0) is 33.5 Å². The fourth-order valence-corrected chi connectivity index (χ4v) is 6.20. The van der Waals surface area contributed by atoms with Crippen LogP contribution >= 0.6 is 11.5 Å². The standard InChI is InChI=1S/C22H20N4O3S2.H2/c1-15(26-9-8-16-4-2-3-5-20(16)26)22(27)25-11-17-6-7-19(10-18(17)12-25)31(28,29)13-21-23-14-24-30-21;/h2-10,14-15H,11-13H2,1H3;1H/t15-;/m0./s1. The summed E-state index contributed by atoms with van der Waals surface area (Å²) < 4.78 is 31.4. The van der Waals surface area contributed by atoms with Crippen molar-refractivity contribution in [2.75, 3.05) is 0 Å². The van der Waals surface area contributed by atoms with Crippen LogP contribution in [0, 0.1) is 0 Å². The van der Waals surface area contributed by atoms with Crippen LogP contribution in [0.2, 0.25) is 0 Å². The maximum Gasteiger partial charge on any atom is 0.245 e. The van der Waals surface area contributed by atoms with Gasteiger partial charge in [-0.1, -0.05) is 24.3 Å². The molecule has 0 fully saturated rings. The molecule has 0 N–H and O–H groups in total. The maximum atomic E-state index is 13.2. The molecule has 0 unspecified atom stereocenters. The van der Waals surface area contributed by atoms with Gasteiger partial charge in [0.05, 0.1) is 4.90 Å². The Hall–Kier alpha value is -3.04. The summed E-state index contributed by atoms with van der Waals surface area (Å²) in [6, 6.07) is 14.7. The van der Waals surface area contributed by atoms with Gasteiger partial charge in [0.2, 0.25) is 5.91 Å². The Kier molecular flexibility index (Phi) is 4.86. The first kappa shape index (κ1) is 19.9. The molecule has 0 saturated heterocycles. The van der Waals surface area contributed by atoms with Crippen LogP contribution in [0.15, 0.2) is 66.0 Å². The molecule has 3 heterocycles. The quantitative estimate of drug-likeness (QED) is 0.458. The molecular weight excluding hydrogens is 432 g/mol. The molecule has 0 aliphatic carbocycles. The molecule has 7 nitrogen and oxygen atoms in total. The number of benzene rings is 2. The molecule has 2 aromatic heterocycles. The molecule has 0 radical (unpaired) electrons. The minimum atomic E-state index is -3.52. The zero-order chi connectivity index (χ0) is 21.6. The van der Waals surface area contributed by atoms with Crippen LogP contribution in [0.4, 0.5) is 0 Å². The largest absolute Gasteiger partial charge is 0.335 e. The van der Waals surface area contributed by atoms with E-state index in [1.165, 1.54) is 6.33 Å². The van der Waals surface area contributed by atoms with Crippen LogP contribution in [0.5, 0.6) is 0 Å². The van der Waals surface area contributed by atoms with Crippen LogP contribution in [0.1, 0.15) is 30.5 Å². The maximum absolute atomic E-state index is 13.2. The lowest BCUT2D eigenvalue weighted by Crippen LogP contribution is -2.32. The van der Waals surface area contributed by atoms with Gasteiger partial charge < -0.3 is 9.47 Å². The van der Waals surface area contributed by atoms with Gasteiger partial charge in [-0.05, 0) is 59.2 Å². The number of hydrogen-bond donors (Lipinski definition) is 0. The van der Waals surface area contributed by atoms with E-state index in [1.54, 1.807) is 17.0 Å². The predicted molar refractivity (Wildman–Crippen MR) is 120 cm³/mol. The number of aromatic nitrogens is 3. The lowest BCUT2D eigenvalue weighted by atomic mass is 10.1. The molecule has 2 aromatic carbocycles. The molecule has 1 aliphatic heterocycles. The first-order valence-corrected chi connectivity index (χ1v) is 12.3. The average Bonchev–Trinajstić information content (AvgIpc) is 3.50. The molecular formula is C22H22N4O3S2. The highest BCUT2D eigenvalue weighted by Crippen LogP contribution is 2.30. The highest BCUT2D eigenvalue weighted by atomic mass is 32.2. The van der Waals surface area contributed by atoms with E-state index in [0.717, 1.165) is 33.6 Å². The summed E-state index contributed by atoms with van der Waals surface area (Å²) in [7, 11) is -3.52. The molecule has 4 aromatic rings. The summed E-state index contributed by atoms with van der Waals surface area (Å²) in [6.07, 6.45) is 3.30. The highest BCUT2D eigenvalue weighted by Gasteiger charge is 2.29. The monoisotopic (exact) mass is 454 g/mol. The summed E-state index contributed by atoms with van der Waals surface area (Å²) in [5, 5.41) is 1.56. The van der Waals surface area contributed by atoms with Gasteiger partial charge in [-0.2, -0.15) is 4.37 Å². The smallest absolute Gasteiger partial charge is 0.245 e. The summed E-state index contributed by atoms with van der Waals surface area (Å²) in [5.74, 6) is -0.160. The molecule has 5 rings (SSSR count). The first-order chi connectivity index (χ1) is 14.9. The number of fused-ring (bicyclic) bond motifs is 2. The molecule has 1 amide bonds. The molecule has 0 spiro atoms. The van der Waals surface area contributed by atoms with Crippen LogP contribution in [0.3, 0.4) is 0 Å². The van der Waals surface area contributed by atoms with E-state index in [2.05, 4.69) is 9.36 Å². The summed E-state index contributed by atoms with van der Waals surface area (Å²) >= 11 is 1.08. The van der Waals surface area contributed by atoms with Gasteiger partial charge in [-0.15, -0.1) is 0 Å². The Morgan fingerprint density at radius 3 is 2.77 bits per heavy atom. The van der Waals surface area contributed by atoms with Gasteiger partial charge in [0.1, 0.15) is 23.1 Å². The highest BCUT2D eigenvalue weighted by molar-refractivity contribution is 7.90. The van der Waals surface area contributed by atoms with Crippen LogP contribution < -0.4 is 0 Å². The van der Waals surface area contributed by atoms with Crippen molar-refractivity contribution in [3.05, 3.63) is 77.2 Å². The predicted octanol–water partition coefficient (Wildman–Crippen LogP) is 3.82. The molecule has 0 saturated carbocycles. The number of nitrogens with zero attached hydrogens (tertiary/aromatic N) is 4. The molecule has 1 aliphatic rings. The van der Waals surface area contributed by atoms with E-state index in [4.69, 9.17) is 0 Å². The Morgan fingerprint density at radius 1 is 1.16 bits per heavy atom. The summed E-state index contributed by atoms with van der Waals surface area (Å²) in [4.78, 5) is 19.2. The minimum Gasteiger partial charge on any atom is -0.335 e. The van der Waals surface area contributed by atoms with Crippen molar-refractivity contribution in [1.29, 1.82) is 0 Å². The molecule has 160 valence electrons. The topological polar surface area (TPSA) is 85.2 Å². The van der Waals surface area contributed by atoms with E-state index < -0.39 is 9.84 Å². The second-order valence-electron chi connectivity index (χ2n) is 7.68. The molecule has 1 atom stereocenters. The van der Waals surface area contributed by atoms with Crippen LogP contribution in [0.25, 0.3) is 10.9 Å². The van der Waals surface area contributed by atoms with Crippen LogP contribution in [-0.4, -0.2) is 33.1 Å². The fraction of sp³-hybridized carbons (Fsp3) is 0.227. The van der Waals surface area contributed by atoms with Crippen molar-refractivity contribution in [3.8, 4) is 0 Å². The van der Waals surface area contributed by atoms with E-state index in [9.17, 15) is 13.2 Å². The van der Waals surface area contributed by atoms with Gasteiger partial charge in [0, 0.05) is 26.2 Å². The normalized spacial score (nSPS) is 14.7. The number of hydrogen-bond acceptors (Lipinski definition) is 6. The molecule has 31 heavy (non-hydrogen) atoms. The molecule has 9 heteroatoms. The second kappa shape index (κ2) is 7.58. The van der Waals surface area contributed by atoms with Crippen molar-refractivity contribution in [2.24, 2.45) is 0 Å². The average molecular weight is 455 g/mol. The minimum absolute atomic E-state index is 0. The lowest BCUT2D eigenvalue weighted by Gasteiger charge is -2.22. The van der Waals surface area contributed by atoms with Gasteiger partial charge in [-0.25, -0.2) is 13.4 Å². The number of carbonyl (C=O) groups is 1. The zero-order valence-electron chi connectivity index (χ0n) is 16.8. The van der Waals surface area contributed by atoms with E-state index >= 15 is 0 Å². The second-order valence-corrected chi connectivity index (χ2v) is 10.5. The summed E-state index contributed by atoms with van der Waals surface area (Å²) in [6.45, 7) is 2.78. The van der Waals surface area contributed by atoms with Crippen molar-refractivity contribution in [3.63, 3.8) is 0 Å². The molecule has 0 bridgehead atoms. The van der Waals surface area contributed by atoms with Gasteiger partial charge in [0.25, 0.3) is 0 Å². The zero-order valence-corrected chi connectivity index (χ0v) is 18.4. The number of carbonyl (C=O) groups excluding carboxylic acids is 1. The summed E-state index contributed by atoms with van der Waals surface area (Å²) in [5.41, 5.74) is 2.87. The van der Waals surface area contributed by atoms with Crippen molar-refractivity contribution in [1.82, 2.24) is 18.8 Å². The van der Waals surface area contributed by atoms with Gasteiger partial charge in [0.15, 0.2) is 9.84 Å². The van der Waals surface area contributed by atoms with E-state index in [1.807, 2.05) is 54.1 Å². The third-order valence-electron chi connectivity index (χ3n) is 5.70. The van der Waals surface area contributed by atoms with Crippen molar-refractivity contribution < 1.29 is 14.6 Å². The van der Waals surface area contributed by atoms with E-state index in [-0.39, 0.29) is 24.0 Å². The number of amides is 1. The van der Waals surface area contributed by atoms with Gasteiger partial charge >= 0.3 is 0 Å². The third-order valence-corrected chi connectivity index (χ3v) is 8.16. The number of sulfone groups is 1. The number of rotatable bonds is 5. The Morgan fingerprint density at radius 2 is 1.97 bits per heavy atom. The lowest BCUT2D eigenvalue weighted by molar-refractivity contribution is -0.134. The number of para-hydroxylation sites is 1. The van der Waals surface area contributed by atoms with E-state index in [0.29, 0.717) is 18.1 Å². The first-order valence-electron chi connectivity index (χ1n) is 9.87. The Balaban J connectivity index is 0.00000245. The van der Waals surface area contributed by atoms with Gasteiger partial charge in [-0.3, -0.25) is 4.79 Å². The third kappa shape index (κ3) is 3.64.